The van der Waals surface area contributed by atoms with Crippen molar-refractivity contribution in [2.75, 3.05) is 12.0 Å². The second kappa shape index (κ2) is 6.70. The van der Waals surface area contributed by atoms with Crippen molar-refractivity contribution in [1.29, 1.82) is 0 Å². The summed E-state index contributed by atoms with van der Waals surface area (Å²) in [5, 5.41) is 10.4. The molecule has 1 N–H and O–H groups in total. The number of hydrogen-bond acceptors (Lipinski definition) is 4. The molecule has 1 aliphatic rings. The zero-order valence-electron chi connectivity index (χ0n) is 11.3. The van der Waals surface area contributed by atoms with Crippen molar-refractivity contribution in [3.63, 3.8) is 0 Å². The van der Waals surface area contributed by atoms with Crippen LogP contribution in [0.4, 0.5) is 0 Å². The van der Waals surface area contributed by atoms with Crippen molar-refractivity contribution in [3.8, 4) is 0 Å². The van der Waals surface area contributed by atoms with Gasteiger partial charge in [-0.25, -0.2) is 4.98 Å². The van der Waals surface area contributed by atoms with Gasteiger partial charge in [-0.1, -0.05) is 18.2 Å². The maximum absolute atomic E-state index is 10.7. The Hall–Kier alpha value is -0.620. The maximum atomic E-state index is 10.7. The molecule has 4 nitrogen and oxygen atoms in total. The summed E-state index contributed by atoms with van der Waals surface area (Å²) in [6.45, 7) is 1.97. The van der Waals surface area contributed by atoms with Gasteiger partial charge in [-0.15, -0.1) is 0 Å². The van der Waals surface area contributed by atoms with Crippen LogP contribution in [0.2, 0.25) is 0 Å². The first-order chi connectivity index (χ1) is 9.10. The van der Waals surface area contributed by atoms with Crippen LogP contribution in [-0.4, -0.2) is 37.9 Å². The van der Waals surface area contributed by atoms with E-state index in [4.69, 9.17) is 5.11 Å². The van der Waals surface area contributed by atoms with Crippen LogP contribution in [0, 0.1) is 6.92 Å². The molecular formula is C13H20N2O2S2. The van der Waals surface area contributed by atoms with Crippen LogP contribution in [0.1, 0.15) is 37.4 Å². The molecule has 1 fully saturated rings. The molecule has 2 unspecified atom stereocenters. The van der Waals surface area contributed by atoms with E-state index in [1.807, 2.05) is 18.7 Å². The van der Waals surface area contributed by atoms with Crippen LogP contribution in [0.25, 0.3) is 0 Å². The summed E-state index contributed by atoms with van der Waals surface area (Å²) in [6.07, 6.45) is 9.12. The number of imidazole rings is 1. The lowest BCUT2D eigenvalue weighted by Crippen LogP contribution is -2.21. The third kappa shape index (κ3) is 3.92. The lowest BCUT2D eigenvalue weighted by atomic mass is 9.95. The molecule has 1 aliphatic carbocycles. The highest BCUT2D eigenvalue weighted by Crippen LogP contribution is 2.36. The highest BCUT2D eigenvalue weighted by molar-refractivity contribution is 7.99. The van der Waals surface area contributed by atoms with Crippen molar-refractivity contribution in [2.24, 2.45) is 0 Å². The number of hydrogen-bond donors (Lipinski definition) is 1. The Bertz CT molecular complexity index is 448. The number of rotatable bonds is 5. The summed E-state index contributed by atoms with van der Waals surface area (Å²) in [5.74, 6) is -0.711. The van der Waals surface area contributed by atoms with E-state index in [-0.39, 0.29) is 5.75 Å². The second-order valence-electron chi connectivity index (χ2n) is 4.93. The Labute approximate surface area is 122 Å². The van der Waals surface area contributed by atoms with E-state index in [0.29, 0.717) is 6.04 Å². The van der Waals surface area contributed by atoms with E-state index in [0.717, 1.165) is 22.5 Å². The van der Waals surface area contributed by atoms with Crippen LogP contribution in [0.3, 0.4) is 0 Å². The van der Waals surface area contributed by atoms with Crippen molar-refractivity contribution in [3.05, 3.63) is 11.9 Å². The normalized spacial score (nSPS) is 23.5. The number of carbonyl (C=O) groups is 1. The molecule has 0 amide bonds. The van der Waals surface area contributed by atoms with Gasteiger partial charge in [0.25, 0.3) is 0 Å². The Kier molecular flexibility index (Phi) is 5.21. The summed E-state index contributed by atoms with van der Waals surface area (Å²) in [6, 6.07) is 0.476. The van der Waals surface area contributed by atoms with Gasteiger partial charge in [0.2, 0.25) is 0 Å². The van der Waals surface area contributed by atoms with Crippen molar-refractivity contribution in [2.45, 2.75) is 49.1 Å². The first-order valence-electron chi connectivity index (χ1n) is 6.53. The zero-order chi connectivity index (χ0) is 13.8. The van der Waals surface area contributed by atoms with Gasteiger partial charge in [-0.3, -0.25) is 4.79 Å². The van der Waals surface area contributed by atoms with E-state index in [2.05, 4.69) is 22.0 Å². The number of carboxylic acids is 1. The highest BCUT2D eigenvalue weighted by atomic mass is 32.2. The summed E-state index contributed by atoms with van der Waals surface area (Å²) >= 11 is 3.26. The van der Waals surface area contributed by atoms with Gasteiger partial charge < -0.3 is 9.67 Å². The van der Waals surface area contributed by atoms with Gasteiger partial charge in [0.05, 0.1) is 11.4 Å². The second-order valence-corrected chi connectivity index (χ2v) is 7.01. The van der Waals surface area contributed by atoms with E-state index < -0.39 is 5.97 Å². The first kappa shape index (κ1) is 14.8. The van der Waals surface area contributed by atoms with Gasteiger partial charge in [-0.2, -0.15) is 11.8 Å². The van der Waals surface area contributed by atoms with Crippen molar-refractivity contribution >= 4 is 29.5 Å². The molecule has 2 rings (SSSR count). The van der Waals surface area contributed by atoms with Gasteiger partial charge in [-0.05, 0) is 32.4 Å². The predicted octanol–water partition coefficient (Wildman–Crippen LogP) is 3.21. The third-order valence-corrected chi connectivity index (χ3v) is 5.52. The average molecular weight is 300 g/mol. The molecule has 1 aromatic rings. The van der Waals surface area contributed by atoms with Gasteiger partial charge in [0.1, 0.15) is 0 Å². The number of nitrogens with zero attached hydrogens (tertiary/aromatic N) is 2. The lowest BCUT2D eigenvalue weighted by Gasteiger charge is -2.29. The minimum Gasteiger partial charge on any atom is -0.481 e. The Morgan fingerprint density at radius 1 is 1.58 bits per heavy atom. The van der Waals surface area contributed by atoms with Crippen LogP contribution < -0.4 is 0 Å². The van der Waals surface area contributed by atoms with E-state index >= 15 is 0 Å². The minimum absolute atomic E-state index is 0.0785. The molecule has 2 atom stereocenters. The topological polar surface area (TPSA) is 55.1 Å². The molecule has 1 aromatic heterocycles. The number of aromatic nitrogens is 2. The fourth-order valence-electron chi connectivity index (χ4n) is 2.58. The molecule has 106 valence electrons. The molecule has 0 aromatic carbocycles. The lowest BCUT2D eigenvalue weighted by molar-refractivity contribution is -0.133. The fraction of sp³-hybridized carbons (Fsp3) is 0.692. The molecule has 0 bridgehead atoms. The zero-order valence-corrected chi connectivity index (χ0v) is 13.0. The van der Waals surface area contributed by atoms with Crippen LogP contribution in [-0.2, 0) is 4.79 Å². The Balaban J connectivity index is 2.11. The van der Waals surface area contributed by atoms with Crippen LogP contribution >= 0.6 is 23.5 Å². The number of thioether (sulfide) groups is 2. The van der Waals surface area contributed by atoms with E-state index in [1.165, 1.54) is 31.0 Å². The minimum atomic E-state index is -0.789. The average Bonchev–Trinajstić information content (AvgIpc) is 2.77. The summed E-state index contributed by atoms with van der Waals surface area (Å²) < 4.78 is 2.20. The van der Waals surface area contributed by atoms with E-state index in [1.54, 1.807) is 0 Å². The third-order valence-electron chi connectivity index (χ3n) is 3.47. The molecule has 0 spiro atoms. The Morgan fingerprint density at radius 3 is 3.05 bits per heavy atom. The molecular weight excluding hydrogens is 280 g/mol. The van der Waals surface area contributed by atoms with Gasteiger partial charge >= 0.3 is 5.97 Å². The predicted molar refractivity (Wildman–Crippen MR) is 80.1 cm³/mol. The molecule has 0 radical (unpaired) electrons. The molecule has 1 saturated carbocycles. The van der Waals surface area contributed by atoms with E-state index in [9.17, 15) is 4.79 Å². The highest BCUT2D eigenvalue weighted by Gasteiger charge is 2.24. The van der Waals surface area contributed by atoms with Crippen LogP contribution in [0.5, 0.6) is 0 Å². The number of aliphatic carboxylic acids is 1. The number of carboxylic acid groups (broad SMARTS) is 1. The van der Waals surface area contributed by atoms with Crippen molar-refractivity contribution < 1.29 is 9.90 Å². The van der Waals surface area contributed by atoms with Crippen LogP contribution in [0.15, 0.2) is 11.4 Å². The first-order valence-corrected chi connectivity index (χ1v) is 8.80. The summed E-state index contributed by atoms with van der Waals surface area (Å²) in [7, 11) is 0. The molecule has 0 saturated heterocycles. The quantitative estimate of drug-likeness (QED) is 0.846. The monoisotopic (exact) mass is 300 g/mol. The molecule has 1 heterocycles. The van der Waals surface area contributed by atoms with Gasteiger partial charge in [0, 0.05) is 17.5 Å². The van der Waals surface area contributed by atoms with Crippen molar-refractivity contribution in [1.82, 2.24) is 9.55 Å². The molecule has 0 aliphatic heterocycles. The fourth-order valence-corrected chi connectivity index (χ4v) is 4.20. The molecule has 6 heteroatoms. The Morgan fingerprint density at radius 2 is 2.37 bits per heavy atom. The smallest absolute Gasteiger partial charge is 0.313 e. The standard InChI is InChI=1S/C13H20N2O2S2/c1-9-7-15(13(14-9)19-8-12(16)17)10-4-3-5-11(6-10)18-2/h7,10-11H,3-6,8H2,1-2H3,(H,16,17). The maximum Gasteiger partial charge on any atom is 0.313 e. The molecule has 19 heavy (non-hydrogen) atoms. The SMILES string of the molecule is CSC1CCCC(n2cc(C)nc2SCC(=O)O)C1. The largest absolute Gasteiger partial charge is 0.481 e. The summed E-state index contributed by atoms with van der Waals surface area (Å²) in [4.78, 5) is 15.2. The number of aryl methyl sites for hydroxylation is 1. The van der Waals surface area contributed by atoms with Gasteiger partial charge in [0.15, 0.2) is 5.16 Å². The summed E-state index contributed by atoms with van der Waals surface area (Å²) in [5.41, 5.74) is 0.971.